The molecule has 1 N–H and O–H groups in total. The molecule has 7 heteroatoms. The van der Waals surface area contributed by atoms with Crippen LogP contribution in [0.4, 0.5) is 5.69 Å². The van der Waals surface area contributed by atoms with E-state index in [1.54, 1.807) is 19.1 Å². The summed E-state index contributed by atoms with van der Waals surface area (Å²) in [6.07, 6.45) is 0.695. The van der Waals surface area contributed by atoms with Crippen LogP contribution in [0, 0.1) is 0 Å². The number of hydrogen-bond acceptors (Lipinski definition) is 5. The summed E-state index contributed by atoms with van der Waals surface area (Å²) in [5, 5.41) is 2.63. The predicted octanol–water partition coefficient (Wildman–Crippen LogP) is 0.497. The number of carbonyl (C=O) groups is 2. The number of benzene rings is 1. The van der Waals surface area contributed by atoms with Crippen molar-refractivity contribution in [3.05, 3.63) is 24.3 Å². The number of hydrogen-bond donors (Lipinski definition) is 1. The SMILES string of the molecule is COCCCNC(=O)C(=O)N1CCN(c2ccc(OC)cc2)CC1. The van der Waals surface area contributed by atoms with Gasteiger partial charge in [0.25, 0.3) is 0 Å². The van der Waals surface area contributed by atoms with E-state index in [1.807, 2.05) is 24.3 Å². The number of carbonyl (C=O) groups excluding carboxylic acids is 2. The van der Waals surface area contributed by atoms with Crippen molar-refractivity contribution in [3.8, 4) is 5.75 Å². The van der Waals surface area contributed by atoms with Gasteiger partial charge in [0.1, 0.15) is 5.75 Å². The van der Waals surface area contributed by atoms with Crippen molar-refractivity contribution in [2.45, 2.75) is 6.42 Å². The first-order valence-corrected chi connectivity index (χ1v) is 8.10. The monoisotopic (exact) mass is 335 g/mol. The lowest BCUT2D eigenvalue weighted by molar-refractivity contribution is -0.146. The van der Waals surface area contributed by atoms with Crippen molar-refractivity contribution in [1.29, 1.82) is 0 Å². The van der Waals surface area contributed by atoms with Crippen LogP contribution in [-0.4, -0.2) is 70.3 Å². The highest BCUT2D eigenvalue weighted by molar-refractivity contribution is 6.35. The molecule has 0 aromatic heterocycles. The van der Waals surface area contributed by atoms with Crippen LogP contribution in [0.2, 0.25) is 0 Å². The summed E-state index contributed by atoms with van der Waals surface area (Å²) < 4.78 is 10.1. The van der Waals surface area contributed by atoms with E-state index in [0.717, 1.165) is 11.4 Å². The summed E-state index contributed by atoms with van der Waals surface area (Å²) >= 11 is 0. The molecular weight excluding hydrogens is 310 g/mol. The second-order valence-corrected chi connectivity index (χ2v) is 5.58. The first kappa shape index (κ1) is 18.1. The predicted molar refractivity (Wildman–Crippen MR) is 91.3 cm³/mol. The van der Waals surface area contributed by atoms with E-state index in [-0.39, 0.29) is 0 Å². The third-order valence-electron chi connectivity index (χ3n) is 4.01. The molecule has 1 aliphatic heterocycles. The number of anilines is 1. The highest BCUT2D eigenvalue weighted by Crippen LogP contribution is 2.20. The summed E-state index contributed by atoms with van der Waals surface area (Å²) in [6.45, 7) is 3.50. The van der Waals surface area contributed by atoms with E-state index in [0.29, 0.717) is 45.8 Å². The highest BCUT2D eigenvalue weighted by Gasteiger charge is 2.25. The molecule has 1 aliphatic rings. The molecule has 0 saturated carbocycles. The molecule has 1 aromatic rings. The molecule has 2 amide bonds. The Balaban J connectivity index is 1.78. The number of rotatable bonds is 6. The third kappa shape index (κ3) is 4.86. The zero-order valence-electron chi connectivity index (χ0n) is 14.3. The van der Waals surface area contributed by atoms with Gasteiger partial charge in [-0.1, -0.05) is 0 Å². The molecule has 0 aliphatic carbocycles. The molecule has 1 saturated heterocycles. The Morgan fingerprint density at radius 2 is 1.75 bits per heavy atom. The quantitative estimate of drug-likeness (QED) is 0.605. The van der Waals surface area contributed by atoms with Gasteiger partial charge in [-0.15, -0.1) is 0 Å². The van der Waals surface area contributed by atoms with Crippen LogP contribution < -0.4 is 15.0 Å². The van der Waals surface area contributed by atoms with E-state index in [9.17, 15) is 9.59 Å². The zero-order chi connectivity index (χ0) is 17.4. The second kappa shape index (κ2) is 9.12. The topological polar surface area (TPSA) is 71.1 Å². The van der Waals surface area contributed by atoms with Gasteiger partial charge in [0.2, 0.25) is 0 Å². The molecule has 1 fully saturated rings. The molecule has 132 valence electrons. The molecule has 24 heavy (non-hydrogen) atoms. The van der Waals surface area contributed by atoms with Crippen molar-refractivity contribution < 1.29 is 19.1 Å². The van der Waals surface area contributed by atoms with Crippen LogP contribution in [0.1, 0.15) is 6.42 Å². The fourth-order valence-electron chi connectivity index (χ4n) is 2.60. The minimum atomic E-state index is -0.538. The summed E-state index contributed by atoms with van der Waals surface area (Å²) in [5.41, 5.74) is 1.09. The van der Waals surface area contributed by atoms with E-state index in [1.165, 1.54) is 0 Å². The Kier molecular flexibility index (Phi) is 6.87. The summed E-state index contributed by atoms with van der Waals surface area (Å²) in [4.78, 5) is 27.8. The Hall–Kier alpha value is -2.28. The minimum Gasteiger partial charge on any atom is -0.497 e. The molecule has 0 radical (unpaired) electrons. The van der Waals surface area contributed by atoms with Gasteiger partial charge in [-0.05, 0) is 30.7 Å². The van der Waals surface area contributed by atoms with Crippen molar-refractivity contribution in [2.75, 3.05) is 58.5 Å². The van der Waals surface area contributed by atoms with Crippen molar-refractivity contribution in [1.82, 2.24) is 10.2 Å². The standard InChI is InChI=1S/C17H25N3O4/c1-23-13-3-8-18-16(21)17(22)20-11-9-19(10-12-20)14-4-6-15(24-2)7-5-14/h4-7H,3,8-13H2,1-2H3,(H,18,21). The number of nitrogens with zero attached hydrogens (tertiary/aromatic N) is 2. The number of amides is 2. The molecule has 0 unspecified atom stereocenters. The van der Waals surface area contributed by atoms with Crippen LogP contribution in [0.15, 0.2) is 24.3 Å². The maximum Gasteiger partial charge on any atom is 0.312 e. The largest absolute Gasteiger partial charge is 0.497 e. The zero-order valence-corrected chi connectivity index (χ0v) is 14.3. The van der Waals surface area contributed by atoms with Crippen molar-refractivity contribution in [3.63, 3.8) is 0 Å². The number of piperazine rings is 1. The Labute approximate surface area is 142 Å². The molecule has 7 nitrogen and oxygen atoms in total. The normalized spacial score (nSPS) is 14.4. The van der Waals surface area contributed by atoms with Gasteiger partial charge >= 0.3 is 11.8 Å². The van der Waals surface area contributed by atoms with Crippen LogP contribution in [0.5, 0.6) is 5.75 Å². The van der Waals surface area contributed by atoms with Crippen molar-refractivity contribution >= 4 is 17.5 Å². The van der Waals surface area contributed by atoms with Gasteiger partial charge in [0, 0.05) is 52.1 Å². The third-order valence-corrected chi connectivity index (χ3v) is 4.01. The maximum absolute atomic E-state index is 12.1. The molecule has 1 aromatic carbocycles. The summed E-state index contributed by atoms with van der Waals surface area (Å²) in [6, 6.07) is 7.83. The van der Waals surface area contributed by atoms with Crippen LogP contribution in [0.3, 0.4) is 0 Å². The molecule has 0 spiro atoms. The van der Waals surface area contributed by atoms with Gasteiger partial charge < -0.3 is 24.6 Å². The van der Waals surface area contributed by atoms with Gasteiger partial charge in [-0.25, -0.2) is 0 Å². The van der Waals surface area contributed by atoms with Crippen LogP contribution >= 0.6 is 0 Å². The summed E-state index contributed by atoms with van der Waals surface area (Å²) in [7, 11) is 3.25. The maximum atomic E-state index is 12.1. The molecule has 0 bridgehead atoms. The molecule has 1 heterocycles. The van der Waals surface area contributed by atoms with Gasteiger partial charge in [0.15, 0.2) is 0 Å². The average Bonchev–Trinajstić information content (AvgIpc) is 2.64. The Bertz CT molecular complexity index is 539. The Morgan fingerprint density at radius 1 is 1.08 bits per heavy atom. The van der Waals surface area contributed by atoms with Gasteiger partial charge in [-0.2, -0.15) is 0 Å². The molecule has 2 rings (SSSR count). The number of ether oxygens (including phenoxy) is 2. The molecule has 0 atom stereocenters. The molecular formula is C17H25N3O4. The second-order valence-electron chi connectivity index (χ2n) is 5.58. The van der Waals surface area contributed by atoms with E-state index in [2.05, 4.69) is 10.2 Å². The van der Waals surface area contributed by atoms with Crippen LogP contribution in [0.25, 0.3) is 0 Å². The lowest BCUT2D eigenvalue weighted by Crippen LogP contribution is -2.52. The average molecular weight is 335 g/mol. The highest BCUT2D eigenvalue weighted by atomic mass is 16.5. The number of nitrogens with one attached hydrogen (secondary N) is 1. The Morgan fingerprint density at radius 3 is 2.33 bits per heavy atom. The van der Waals surface area contributed by atoms with E-state index < -0.39 is 11.8 Å². The van der Waals surface area contributed by atoms with Gasteiger partial charge in [0.05, 0.1) is 7.11 Å². The smallest absolute Gasteiger partial charge is 0.312 e. The summed E-state index contributed by atoms with van der Waals surface area (Å²) in [5.74, 6) is -0.177. The van der Waals surface area contributed by atoms with E-state index in [4.69, 9.17) is 9.47 Å². The lowest BCUT2D eigenvalue weighted by atomic mass is 10.2. The van der Waals surface area contributed by atoms with E-state index >= 15 is 0 Å². The lowest BCUT2D eigenvalue weighted by Gasteiger charge is -2.35. The fraction of sp³-hybridized carbons (Fsp3) is 0.529. The first-order chi connectivity index (χ1) is 11.7. The first-order valence-electron chi connectivity index (χ1n) is 8.10. The minimum absolute atomic E-state index is 0.449. The van der Waals surface area contributed by atoms with Crippen molar-refractivity contribution in [2.24, 2.45) is 0 Å². The fourth-order valence-corrected chi connectivity index (χ4v) is 2.60. The van der Waals surface area contributed by atoms with Gasteiger partial charge in [-0.3, -0.25) is 9.59 Å². The van der Waals surface area contributed by atoms with Crippen LogP contribution in [-0.2, 0) is 14.3 Å². The number of methoxy groups -OCH3 is 2.